The summed E-state index contributed by atoms with van der Waals surface area (Å²) in [5.41, 5.74) is 21.5. The first kappa shape index (κ1) is 37.7. The molecule has 0 bridgehead atoms. The fraction of sp³-hybridized carbons (Fsp3) is 0.760. The van der Waals surface area contributed by atoms with E-state index in [1.54, 1.807) is 7.05 Å². The number of carbonyl (C=O) groups is 3. The third-order valence-electron chi connectivity index (χ3n) is 6.53. The molecule has 1 rings (SSSR count). The van der Waals surface area contributed by atoms with E-state index in [9.17, 15) is 19.2 Å². The van der Waals surface area contributed by atoms with Crippen molar-refractivity contribution in [3.8, 4) is 0 Å². The van der Waals surface area contributed by atoms with Gasteiger partial charge in [-0.1, -0.05) is 12.8 Å². The van der Waals surface area contributed by atoms with Gasteiger partial charge in [0.15, 0.2) is 11.9 Å². The molecule has 4 unspecified atom stereocenters. The Labute approximate surface area is 262 Å². The van der Waals surface area contributed by atoms with E-state index in [0.717, 1.165) is 19.3 Å². The van der Waals surface area contributed by atoms with Gasteiger partial charge in [0.25, 0.3) is 0 Å². The Morgan fingerprint density at radius 1 is 0.900 bits per heavy atom. The van der Waals surface area contributed by atoms with Crippen molar-refractivity contribution in [1.29, 1.82) is 0 Å². The van der Waals surface area contributed by atoms with Crippen molar-refractivity contribution in [3.05, 3.63) is 0 Å². The summed E-state index contributed by atoms with van der Waals surface area (Å²) in [5.74, 6) is -1.02. The van der Waals surface area contributed by atoms with Gasteiger partial charge in [-0.25, -0.2) is 0 Å². The first-order chi connectivity index (χ1) is 18.7. The Hall–Kier alpha value is -2.32. The minimum Gasteiger partial charge on any atom is -0.542 e. The Morgan fingerprint density at radius 2 is 1.50 bits per heavy atom. The van der Waals surface area contributed by atoms with Crippen molar-refractivity contribution in [3.63, 3.8) is 0 Å². The minimum atomic E-state index is -0.475. The summed E-state index contributed by atoms with van der Waals surface area (Å²) in [7, 11) is 1.78. The molecule has 4 atom stereocenters. The maximum Gasteiger partial charge on any atom is 3.00 e. The summed E-state index contributed by atoms with van der Waals surface area (Å²) < 4.78 is 0. The normalized spacial score (nSPS) is 17.7. The van der Waals surface area contributed by atoms with Gasteiger partial charge in [0.1, 0.15) is 0 Å². The van der Waals surface area contributed by atoms with Crippen LogP contribution in [0, 0.1) is 5.92 Å². The zero-order chi connectivity index (χ0) is 29.0. The smallest absolute Gasteiger partial charge is 0.542 e. The summed E-state index contributed by atoms with van der Waals surface area (Å²) in [6, 6.07) is -1.15. The number of carbonyl (C=O) groups excluding carboxylic acids is 4. The van der Waals surface area contributed by atoms with Crippen LogP contribution in [-0.2, 0) is 51.9 Å². The molecule has 1 fully saturated rings. The molecule has 222 valence electrons. The first-order valence-corrected chi connectivity index (χ1v) is 13.7. The van der Waals surface area contributed by atoms with Gasteiger partial charge in [-0.05, 0) is 45.6 Å². The zero-order valence-corrected chi connectivity index (χ0v) is 26.5. The predicted octanol–water partition coefficient (Wildman–Crippen LogP) is -1.76. The molecule has 1 aliphatic rings. The van der Waals surface area contributed by atoms with E-state index in [-0.39, 0.29) is 87.2 Å². The van der Waals surface area contributed by atoms with Crippen LogP contribution in [-0.4, -0.2) is 80.7 Å². The number of nitrogens with zero attached hydrogens (tertiary/aromatic N) is 2. The Morgan fingerprint density at radius 3 is 2.08 bits per heavy atom. The van der Waals surface area contributed by atoms with Crippen molar-refractivity contribution < 1.29 is 51.9 Å². The third kappa shape index (κ3) is 17.4. The molecule has 0 spiro atoms. The van der Waals surface area contributed by atoms with Crippen LogP contribution in [0.3, 0.4) is 0 Å². The maximum atomic E-state index is 13.3. The minimum absolute atomic E-state index is 0. The molecule has 0 saturated heterocycles. The quantitative estimate of drug-likeness (QED) is 0.0344. The fourth-order valence-electron chi connectivity index (χ4n) is 4.60. The topological polar surface area (TPSA) is 245 Å². The molecule has 0 aromatic carbocycles. The molecule has 14 nitrogen and oxygen atoms in total. The molecular weight excluding hydrogens is 593 g/mol. The number of guanidine groups is 2. The van der Waals surface area contributed by atoms with Crippen LogP contribution in [0.4, 0.5) is 0 Å². The Kier molecular flexibility index (Phi) is 21.1. The molecule has 0 radical (unpaired) electrons. The second-order valence-electron chi connectivity index (χ2n) is 9.84. The molecule has 15 heteroatoms. The third-order valence-corrected chi connectivity index (χ3v) is 6.53. The summed E-state index contributed by atoms with van der Waals surface area (Å²) in [4.78, 5) is 57.4. The van der Waals surface area contributed by atoms with Gasteiger partial charge >= 0.3 is 32.7 Å². The van der Waals surface area contributed by atoms with Gasteiger partial charge in [0.2, 0.25) is 17.7 Å². The van der Waals surface area contributed by atoms with Crippen LogP contribution in [0.25, 0.3) is 0 Å². The van der Waals surface area contributed by atoms with Crippen LogP contribution >= 0.6 is 0 Å². The van der Waals surface area contributed by atoms with Crippen LogP contribution in [0.5, 0.6) is 0 Å². The molecule has 0 heterocycles. The van der Waals surface area contributed by atoms with Crippen molar-refractivity contribution in [2.45, 2.75) is 88.8 Å². The van der Waals surface area contributed by atoms with Gasteiger partial charge in [-0.15, -0.1) is 6.42 Å². The number of nitrogens with two attached hydrogens (primary N) is 4. The average Bonchev–Trinajstić information content (AvgIpc) is 2.87. The molecule has 3 amide bonds. The van der Waals surface area contributed by atoms with Gasteiger partial charge in [0, 0.05) is 50.6 Å². The number of amides is 3. The molecule has 1 aliphatic carbocycles. The van der Waals surface area contributed by atoms with E-state index < -0.39 is 12.1 Å². The summed E-state index contributed by atoms with van der Waals surface area (Å²) in [5, 5.41) is 11.8. The first-order valence-electron chi connectivity index (χ1n) is 13.7. The van der Waals surface area contributed by atoms with Crippen molar-refractivity contribution in [1.82, 2.24) is 21.3 Å². The van der Waals surface area contributed by atoms with E-state index in [1.807, 2.05) is 6.29 Å². The summed E-state index contributed by atoms with van der Waals surface area (Å²) in [6.45, 7) is 1.29. The van der Waals surface area contributed by atoms with Gasteiger partial charge in [-0.2, -0.15) is 0 Å². The zero-order valence-electron chi connectivity index (χ0n) is 23.6. The molecule has 0 aliphatic heterocycles. The Balaban J connectivity index is 0.0000152. The van der Waals surface area contributed by atoms with Gasteiger partial charge < -0.3 is 49.0 Å². The van der Waals surface area contributed by atoms with Crippen molar-refractivity contribution in [2.24, 2.45) is 38.8 Å². The molecule has 0 aromatic heterocycles. The van der Waals surface area contributed by atoms with E-state index in [1.165, 1.54) is 0 Å². The molecule has 0 aromatic rings. The van der Waals surface area contributed by atoms with Crippen LogP contribution < -0.4 is 44.2 Å². The van der Waals surface area contributed by atoms with E-state index in [2.05, 4.69) is 31.3 Å². The average molecular weight is 641 g/mol. The van der Waals surface area contributed by atoms with Crippen molar-refractivity contribution in [2.75, 3.05) is 26.7 Å². The largest absolute Gasteiger partial charge is 3.00 e. The molecule has 40 heavy (non-hydrogen) atoms. The van der Waals surface area contributed by atoms with Crippen LogP contribution in [0.2, 0.25) is 0 Å². The number of nitrogens with one attached hydrogen (secondary N) is 4. The maximum absolute atomic E-state index is 13.3. The number of hydrogen-bond donors (Lipinski definition) is 8. The van der Waals surface area contributed by atoms with Gasteiger partial charge in [0.05, 0.1) is 5.92 Å². The molecular formula is C25H47N10O4Y+2. The summed E-state index contributed by atoms with van der Waals surface area (Å²) in [6.07, 6.45) is 7.52. The molecule has 1 saturated carbocycles. The van der Waals surface area contributed by atoms with Crippen LogP contribution in [0.1, 0.15) is 70.6 Å². The fourth-order valence-corrected chi connectivity index (χ4v) is 4.60. The Bertz CT molecular complexity index is 834. The monoisotopic (exact) mass is 640 g/mol. The molecule has 12 N–H and O–H groups in total. The second kappa shape index (κ2) is 22.4. The SMILES string of the molecule is CNCCC(=O)NC1CCCCC1C(=O)NC(CCCN=C(N)N)CC(=O)NC(C[C-]=O)CCCN=C(N)N.[Y+3]. The van der Waals surface area contributed by atoms with E-state index in [4.69, 9.17) is 22.9 Å². The van der Waals surface area contributed by atoms with Crippen molar-refractivity contribution >= 4 is 35.9 Å². The predicted molar refractivity (Wildman–Crippen MR) is 151 cm³/mol. The van der Waals surface area contributed by atoms with E-state index in [0.29, 0.717) is 58.2 Å². The summed E-state index contributed by atoms with van der Waals surface area (Å²) >= 11 is 0. The standard InChI is InChI=1S/C25H47N10O4.Y/c1-30-14-10-21(37)35-20-9-3-2-8-19(20)23(39)34-18(7-5-13-32-25(28)29)16-22(38)33-17(11-15-36)6-4-12-31-24(26)27;/h17-20,30H,2-14,16H2,1H3,(H,33,38)(H,34,39)(H,35,37)(H4,26,27,31)(H4,28,29,32);/q-1;+3. The number of hydrogen-bond acceptors (Lipinski definition) is 7. The number of rotatable bonds is 19. The van der Waals surface area contributed by atoms with Crippen LogP contribution in [0.15, 0.2) is 9.98 Å². The second-order valence-corrected chi connectivity index (χ2v) is 9.84. The number of aliphatic imine (C=N–C) groups is 2. The van der Waals surface area contributed by atoms with Gasteiger partial charge in [-0.3, -0.25) is 30.7 Å². The van der Waals surface area contributed by atoms with E-state index >= 15 is 0 Å².